The number of aromatic nitrogens is 1. The van der Waals surface area contributed by atoms with Gasteiger partial charge in [0, 0.05) is 0 Å². The van der Waals surface area contributed by atoms with E-state index in [1.165, 1.54) is 0 Å². The number of aryl methyl sites for hydroxylation is 1. The molecule has 0 atom stereocenters. The standard InChI is InChI=1S/C16H20ClN3O/c1-10(2)9-21-16-13(18)7-8-14(20-16)19-15-11(3)5-4-6-12(15)17/h4-8,10H,9,18H2,1-3H3,(H,19,20). The fourth-order valence-electron chi connectivity index (χ4n) is 1.80. The van der Waals surface area contributed by atoms with Gasteiger partial charge in [0.15, 0.2) is 0 Å². The summed E-state index contributed by atoms with van der Waals surface area (Å²) < 4.78 is 5.63. The molecule has 2 rings (SSSR count). The number of anilines is 3. The topological polar surface area (TPSA) is 60.2 Å². The number of nitrogens with one attached hydrogen (secondary N) is 1. The maximum Gasteiger partial charge on any atom is 0.239 e. The van der Waals surface area contributed by atoms with E-state index in [2.05, 4.69) is 24.1 Å². The van der Waals surface area contributed by atoms with Gasteiger partial charge in [-0.2, -0.15) is 4.98 Å². The molecule has 0 aliphatic heterocycles. The van der Waals surface area contributed by atoms with Crippen molar-refractivity contribution < 1.29 is 4.74 Å². The summed E-state index contributed by atoms with van der Waals surface area (Å²) in [5.41, 5.74) is 8.30. The summed E-state index contributed by atoms with van der Waals surface area (Å²) in [6.45, 7) is 6.71. The first-order valence-electron chi connectivity index (χ1n) is 6.89. The van der Waals surface area contributed by atoms with Crippen molar-refractivity contribution in [1.29, 1.82) is 0 Å². The van der Waals surface area contributed by atoms with Crippen molar-refractivity contribution in [2.24, 2.45) is 5.92 Å². The van der Waals surface area contributed by atoms with E-state index in [1.807, 2.05) is 25.1 Å². The first-order chi connectivity index (χ1) is 9.97. The third kappa shape index (κ3) is 4.02. The average Bonchev–Trinajstić information content (AvgIpc) is 2.43. The zero-order valence-electron chi connectivity index (χ0n) is 12.5. The quantitative estimate of drug-likeness (QED) is 0.859. The number of nitrogens with zero attached hydrogens (tertiary/aromatic N) is 1. The Labute approximate surface area is 130 Å². The van der Waals surface area contributed by atoms with Crippen molar-refractivity contribution in [2.75, 3.05) is 17.7 Å². The number of pyridine rings is 1. The van der Waals surface area contributed by atoms with Crippen LogP contribution in [0.2, 0.25) is 5.02 Å². The van der Waals surface area contributed by atoms with Gasteiger partial charge in [-0.15, -0.1) is 0 Å². The van der Waals surface area contributed by atoms with Crippen LogP contribution in [0.5, 0.6) is 5.88 Å². The number of hydrogen-bond acceptors (Lipinski definition) is 4. The van der Waals surface area contributed by atoms with E-state index < -0.39 is 0 Å². The van der Waals surface area contributed by atoms with Crippen LogP contribution in [-0.2, 0) is 0 Å². The van der Waals surface area contributed by atoms with E-state index in [9.17, 15) is 0 Å². The average molecular weight is 306 g/mol. The van der Waals surface area contributed by atoms with Gasteiger partial charge >= 0.3 is 0 Å². The highest BCUT2D eigenvalue weighted by Gasteiger charge is 2.08. The summed E-state index contributed by atoms with van der Waals surface area (Å²) in [4.78, 5) is 4.40. The molecule has 3 N–H and O–H groups in total. The van der Waals surface area contributed by atoms with Crippen molar-refractivity contribution in [3.8, 4) is 5.88 Å². The van der Waals surface area contributed by atoms with Gasteiger partial charge in [0.05, 0.1) is 23.0 Å². The van der Waals surface area contributed by atoms with Crippen LogP contribution in [0.25, 0.3) is 0 Å². The highest BCUT2D eigenvalue weighted by Crippen LogP contribution is 2.30. The van der Waals surface area contributed by atoms with Crippen LogP contribution >= 0.6 is 11.6 Å². The molecule has 0 spiro atoms. The second kappa shape index (κ2) is 6.68. The fourth-order valence-corrected chi connectivity index (χ4v) is 2.07. The normalized spacial score (nSPS) is 10.7. The molecule has 4 nitrogen and oxygen atoms in total. The third-order valence-corrected chi connectivity index (χ3v) is 3.23. The van der Waals surface area contributed by atoms with E-state index >= 15 is 0 Å². The minimum Gasteiger partial charge on any atom is -0.476 e. The van der Waals surface area contributed by atoms with Gasteiger partial charge in [-0.1, -0.05) is 37.6 Å². The summed E-state index contributed by atoms with van der Waals surface area (Å²) >= 11 is 6.21. The lowest BCUT2D eigenvalue weighted by molar-refractivity contribution is 0.263. The van der Waals surface area contributed by atoms with E-state index in [4.69, 9.17) is 22.1 Å². The van der Waals surface area contributed by atoms with Crippen molar-refractivity contribution in [1.82, 2.24) is 4.98 Å². The van der Waals surface area contributed by atoms with E-state index in [-0.39, 0.29) is 0 Å². The number of benzene rings is 1. The lowest BCUT2D eigenvalue weighted by Crippen LogP contribution is -2.08. The second-order valence-corrected chi connectivity index (χ2v) is 5.76. The molecule has 5 heteroatoms. The molecule has 1 aromatic heterocycles. The van der Waals surface area contributed by atoms with E-state index in [0.29, 0.717) is 34.9 Å². The minimum absolute atomic E-state index is 0.411. The molecular formula is C16H20ClN3O. The largest absolute Gasteiger partial charge is 0.476 e. The Morgan fingerprint density at radius 3 is 2.71 bits per heavy atom. The van der Waals surface area contributed by atoms with Crippen LogP contribution in [0.15, 0.2) is 30.3 Å². The number of hydrogen-bond donors (Lipinski definition) is 2. The Hall–Kier alpha value is -1.94. The van der Waals surface area contributed by atoms with E-state index in [1.54, 1.807) is 12.1 Å². The predicted molar refractivity (Wildman–Crippen MR) is 88.5 cm³/mol. The molecule has 112 valence electrons. The Morgan fingerprint density at radius 1 is 1.29 bits per heavy atom. The molecular weight excluding hydrogens is 286 g/mol. The molecule has 0 unspecified atom stereocenters. The van der Waals surface area contributed by atoms with Gasteiger partial charge in [-0.25, -0.2) is 0 Å². The number of nitrogen functional groups attached to an aromatic ring is 1. The molecule has 0 radical (unpaired) electrons. The van der Waals surface area contributed by atoms with Crippen molar-refractivity contribution in [3.63, 3.8) is 0 Å². The highest BCUT2D eigenvalue weighted by molar-refractivity contribution is 6.33. The first kappa shape index (κ1) is 15.4. The number of nitrogens with two attached hydrogens (primary N) is 1. The van der Waals surface area contributed by atoms with Gasteiger partial charge < -0.3 is 15.8 Å². The molecule has 0 fully saturated rings. The lowest BCUT2D eigenvalue weighted by Gasteiger charge is -2.14. The van der Waals surface area contributed by atoms with Gasteiger partial charge in [-0.3, -0.25) is 0 Å². The molecule has 0 amide bonds. The van der Waals surface area contributed by atoms with Gasteiger partial charge in [-0.05, 0) is 36.6 Å². The Kier molecular flexibility index (Phi) is 4.91. The Bertz CT molecular complexity index is 609. The van der Waals surface area contributed by atoms with Crippen LogP contribution in [0.3, 0.4) is 0 Å². The fraction of sp³-hybridized carbons (Fsp3) is 0.312. The van der Waals surface area contributed by atoms with Crippen molar-refractivity contribution >= 4 is 28.8 Å². The van der Waals surface area contributed by atoms with Crippen LogP contribution in [0.4, 0.5) is 17.2 Å². The molecule has 0 aliphatic carbocycles. The first-order valence-corrected chi connectivity index (χ1v) is 7.26. The second-order valence-electron chi connectivity index (χ2n) is 5.35. The summed E-state index contributed by atoms with van der Waals surface area (Å²) in [6, 6.07) is 9.32. The van der Waals surface area contributed by atoms with Gasteiger partial charge in [0.1, 0.15) is 5.82 Å². The van der Waals surface area contributed by atoms with Gasteiger partial charge in [0.25, 0.3) is 0 Å². The molecule has 1 aromatic carbocycles. The molecule has 21 heavy (non-hydrogen) atoms. The zero-order chi connectivity index (χ0) is 15.4. The van der Waals surface area contributed by atoms with Crippen LogP contribution in [0, 0.1) is 12.8 Å². The number of ether oxygens (including phenoxy) is 1. The SMILES string of the molecule is Cc1cccc(Cl)c1Nc1ccc(N)c(OCC(C)C)n1. The molecule has 0 aliphatic rings. The van der Waals surface area contributed by atoms with Crippen LogP contribution in [-0.4, -0.2) is 11.6 Å². The van der Waals surface area contributed by atoms with Crippen molar-refractivity contribution in [2.45, 2.75) is 20.8 Å². The molecule has 0 bridgehead atoms. The van der Waals surface area contributed by atoms with Crippen LogP contribution < -0.4 is 15.8 Å². The molecule has 2 aromatic rings. The number of para-hydroxylation sites is 1. The van der Waals surface area contributed by atoms with Crippen LogP contribution in [0.1, 0.15) is 19.4 Å². The Balaban J connectivity index is 2.23. The van der Waals surface area contributed by atoms with E-state index in [0.717, 1.165) is 11.3 Å². The highest BCUT2D eigenvalue weighted by atomic mass is 35.5. The monoisotopic (exact) mass is 305 g/mol. The smallest absolute Gasteiger partial charge is 0.239 e. The number of halogens is 1. The number of rotatable bonds is 5. The maximum atomic E-state index is 6.21. The molecule has 1 heterocycles. The molecule has 0 saturated carbocycles. The summed E-state index contributed by atoms with van der Waals surface area (Å²) in [5.74, 6) is 1.51. The maximum absolute atomic E-state index is 6.21. The van der Waals surface area contributed by atoms with Gasteiger partial charge in [0.2, 0.25) is 5.88 Å². The molecule has 0 saturated heterocycles. The lowest BCUT2D eigenvalue weighted by atomic mass is 10.2. The zero-order valence-corrected chi connectivity index (χ0v) is 13.2. The summed E-state index contributed by atoms with van der Waals surface area (Å²) in [6.07, 6.45) is 0. The summed E-state index contributed by atoms with van der Waals surface area (Å²) in [7, 11) is 0. The predicted octanol–water partition coefficient (Wildman–Crippen LogP) is 4.40. The Morgan fingerprint density at radius 2 is 2.05 bits per heavy atom. The van der Waals surface area contributed by atoms with Crippen molar-refractivity contribution in [3.05, 3.63) is 40.9 Å². The minimum atomic E-state index is 0.411. The summed E-state index contributed by atoms with van der Waals surface area (Å²) in [5, 5.41) is 3.87. The third-order valence-electron chi connectivity index (χ3n) is 2.92.